The summed E-state index contributed by atoms with van der Waals surface area (Å²) in [7, 11) is 1.52. The van der Waals surface area contributed by atoms with Crippen molar-refractivity contribution in [2.24, 2.45) is 0 Å². The van der Waals surface area contributed by atoms with Crippen molar-refractivity contribution in [2.75, 3.05) is 7.11 Å². The van der Waals surface area contributed by atoms with E-state index >= 15 is 0 Å². The Morgan fingerprint density at radius 3 is 2.31 bits per heavy atom. The lowest BCUT2D eigenvalue weighted by Gasteiger charge is -2.12. The van der Waals surface area contributed by atoms with E-state index in [2.05, 4.69) is 10.1 Å². The minimum Gasteiger partial charge on any atom is -0.496 e. The van der Waals surface area contributed by atoms with Crippen LogP contribution in [0.2, 0.25) is 0 Å². The summed E-state index contributed by atoms with van der Waals surface area (Å²) in [5, 5.41) is 4.16. The molecule has 148 valence electrons. The number of hydrogen-bond acceptors (Lipinski definition) is 3. The van der Waals surface area contributed by atoms with Crippen LogP contribution in [-0.4, -0.2) is 21.7 Å². The van der Waals surface area contributed by atoms with Crippen LogP contribution < -0.4 is 4.74 Å². The van der Waals surface area contributed by atoms with Gasteiger partial charge in [0.15, 0.2) is 11.3 Å². The molecular weight excluding hydrogens is 379 g/mol. The normalized spacial score (nSPS) is 11.8. The highest BCUT2D eigenvalue weighted by Crippen LogP contribution is 2.38. The molecule has 0 atom stereocenters. The van der Waals surface area contributed by atoms with Crippen LogP contribution >= 0.6 is 0 Å². The second-order valence-electron chi connectivity index (χ2n) is 6.79. The molecule has 0 aliphatic rings. The van der Waals surface area contributed by atoms with Crippen molar-refractivity contribution in [3.8, 4) is 28.1 Å². The number of aryl methyl sites for hydroxylation is 2. The fourth-order valence-corrected chi connectivity index (χ4v) is 3.36. The zero-order valence-electron chi connectivity index (χ0n) is 16.1. The summed E-state index contributed by atoms with van der Waals surface area (Å²) in [5.74, 6) is 0.543. The summed E-state index contributed by atoms with van der Waals surface area (Å²) in [6.45, 7) is 3.59. The summed E-state index contributed by atoms with van der Waals surface area (Å²) in [4.78, 5) is 4.57. The lowest BCUT2D eigenvalue weighted by atomic mass is 10.0. The van der Waals surface area contributed by atoms with Gasteiger partial charge in [0.1, 0.15) is 5.75 Å². The fourth-order valence-electron chi connectivity index (χ4n) is 3.36. The Kier molecular flexibility index (Phi) is 4.53. The molecule has 2 aromatic heterocycles. The number of methoxy groups -OCH3 is 1. The molecule has 0 aliphatic heterocycles. The summed E-state index contributed by atoms with van der Waals surface area (Å²) in [5.41, 5.74) is 2.72. The van der Waals surface area contributed by atoms with E-state index in [0.717, 1.165) is 16.1 Å². The highest BCUT2D eigenvalue weighted by molar-refractivity contribution is 5.84. The Hall–Kier alpha value is -3.35. The summed E-state index contributed by atoms with van der Waals surface area (Å²) in [6, 6.07) is 15.4. The Labute approximate surface area is 165 Å². The maximum Gasteiger partial charge on any atom is 0.433 e. The monoisotopic (exact) mass is 397 g/mol. The Bertz CT molecular complexity index is 1190. The first kappa shape index (κ1) is 19.0. The number of nitrogens with zero attached hydrogens (tertiary/aromatic N) is 3. The van der Waals surface area contributed by atoms with Crippen LogP contribution in [0.3, 0.4) is 0 Å². The van der Waals surface area contributed by atoms with E-state index in [1.807, 2.05) is 19.1 Å². The fraction of sp³-hybridized carbons (Fsp3) is 0.182. The van der Waals surface area contributed by atoms with E-state index in [1.165, 1.54) is 7.11 Å². The number of rotatable bonds is 3. The summed E-state index contributed by atoms with van der Waals surface area (Å²) >= 11 is 0. The van der Waals surface area contributed by atoms with Crippen LogP contribution in [0.4, 0.5) is 13.2 Å². The van der Waals surface area contributed by atoms with E-state index < -0.39 is 11.9 Å². The van der Waals surface area contributed by atoms with Crippen LogP contribution in [-0.2, 0) is 6.18 Å². The molecule has 29 heavy (non-hydrogen) atoms. The summed E-state index contributed by atoms with van der Waals surface area (Å²) in [6.07, 6.45) is -4.59. The van der Waals surface area contributed by atoms with Gasteiger partial charge in [-0.1, -0.05) is 48.0 Å². The second kappa shape index (κ2) is 6.92. The molecule has 0 aliphatic carbocycles. The maximum absolute atomic E-state index is 13.9. The first-order valence-electron chi connectivity index (χ1n) is 8.97. The number of halogens is 3. The van der Waals surface area contributed by atoms with Crippen LogP contribution in [0.5, 0.6) is 5.75 Å². The van der Waals surface area contributed by atoms with Crippen LogP contribution in [0.1, 0.15) is 17.0 Å². The number of ether oxygens (including phenoxy) is 1. The Morgan fingerprint density at radius 2 is 1.66 bits per heavy atom. The first-order valence-corrected chi connectivity index (χ1v) is 8.97. The van der Waals surface area contributed by atoms with Gasteiger partial charge in [0.05, 0.1) is 24.1 Å². The minimum absolute atomic E-state index is 0.136. The first-order chi connectivity index (χ1) is 13.8. The molecule has 0 unspecified atom stereocenters. The molecule has 0 N–H and O–H groups in total. The Morgan fingerprint density at radius 1 is 0.966 bits per heavy atom. The molecule has 0 radical (unpaired) electrons. The average molecular weight is 397 g/mol. The van der Waals surface area contributed by atoms with Crippen LogP contribution in [0.15, 0.2) is 54.6 Å². The number of alkyl halides is 3. The minimum atomic E-state index is -4.59. The summed E-state index contributed by atoms with van der Waals surface area (Å²) < 4.78 is 47.8. The predicted octanol–water partition coefficient (Wildman–Crippen LogP) is 5.71. The SMILES string of the molecule is COc1ccccc1-c1c(C)nn2c(C(F)(F)F)cc(-c3ccc(C)cc3)nc12. The highest BCUT2D eigenvalue weighted by atomic mass is 19.4. The van der Waals surface area contributed by atoms with Gasteiger partial charge in [-0.2, -0.15) is 18.3 Å². The van der Waals surface area contributed by atoms with Gasteiger partial charge in [-0.3, -0.25) is 0 Å². The van der Waals surface area contributed by atoms with Crippen molar-refractivity contribution in [3.05, 3.63) is 71.5 Å². The van der Waals surface area contributed by atoms with E-state index in [4.69, 9.17) is 4.74 Å². The van der Waals surface area contributed by atoms with Crippen molar-refractivity contribution < 1.29 is 17.9 Å². The molecule has 0 saturated carbocycles. The highest BCUT2D eigenvalue weighted by Gasteiger charge is 2.36. The van der Waals surface area contributed by atoms with E-state index in [-0.39, 0.29) is 11.3 Å². The van der Waals surface area contributed by atoms with Gasteiger partial charge >= 0.3 is 6.18 Å². The van der Waals surface area contributed by atoms with E-state index in [0.29, 0.717) is 28.1 Å². The lowest BCUT2D eigenvalue weighted by Crippen LogP contribution is -2.13. The van der Waals surface area contributed by atoms with Gasteiger partial charge in [0.2, 0.25) is 0 Å². The number of hydrogen-bond donors (Lipinski definition) is 0. The number of fused-ring (bicyclic) bond motifs is 1. The van der Waals surface area contributed by atoms with Gasteiger partial charge in [0, 0.05) is 11.1 Å². The molecule has 2 heterocycles. The van der Waals surface area contributed by atoms with Gasteiger partial charge < -0.3 is 4.74 Å². The molecule has 4 rings (SSSR count). The number of aromatic nitrogens is 3. The van der Waals surface area contributed by atoms with E-state index in [1.54, 1.807) is 43.3 Å². The number of benzene rings is 2. The molecule has 0 saturated heterocycles. The molecule has 7 heteroatoms. The molecular formula is C22H18F3N3O. The van der Waals surface area contributed by atoms with Gasteiger partial charge in [0.25, 0.3) is 0 Å². The van der Waals surface area contributed by atoms with Crippen molar-refractivity contribution >= 4 is 5.65 Å². The molecule has 0 fully saturated rings. The second-order valence-corrected chi connectivity index (χ2v) is 6.79. The maximum atomic E-state index is 13.9. The number of para-hydroxylation sites is 1. The predicted molar refractivity (Wildman–Crippen MR) is 105 cm³/mol. The lowest BCUT2D eigenvalue weighted by molar-refractivity contribution is -0.142. The zero-order chi connectivity index (χ0) is 20.8. The van der Waals surface area contributed by atoms with Crippen molar-refractivity contribution in [3.63, 3.8) is 0 Å². The zero-order valence-corrected chi connectivity index (χ0v) is 16.1. The molecule has 0 spiro atoms. The van der Waals surface area contributed by atoms with Crippen LogP contribution in [0, 0.1) is 13.8 Å². The molecule has 4 aromatic rings. The topological polar surface area (TPSA) is 39.4 Å². The third-order valence-electron chi connectivity index (χ3n) is 4.78. The van der Waals surface area contributed by atoms with Crippen molar-refractivity contribution in [1.82, 2.24) is 14.6 Å². The van der Waals surface area contributed by atoms with Crippen LogP contribution in [0.25, 0.3) is 28.0 Å². The third-order valence-corrected chi connectivity index (χ3v) is 4.78. The van der Waals surface area contributed by atoms with Gasteiger partial charge in [-0.15, -0.1) is 0 Å². The molecule has 4 nitrogen and oxygen atoms in total. The van der Waals surface area contributed by atoms with Crippen molar-refractivity contribution in [1.29, 1.82) is 0 Å². The van der Waals surface area contributed by atoms with E-state index in [9.17, 15) is 13.2 Å². The molecule has 0 bridgehead atoms. The van der Waals surface area contributed by atoms with Crippen molar-refractivity contribution in [2.45, 2.75) is 20.0 Å². The Balaban J connectivity index is 2.07. The largest absolute Gasteiger partial charge is 0.496 e. The third kappa shape index (κ3) is 3.33. The molecule has 2 aromatic carbocycles. The molecule has 0 amide bonds. The standard InChI is InChI=1S/C22H18F3N3O/c1-13-8-10-15(11-9-13)17-12-19(22(23,24)25)28-21(26-17)20(14(2)27-28)16-6-4-5-7-18(16)29-3/h4-12H,1-3H3. The van der Waals surface area contributed by atoms with Gasteiger partial charge in [-0.05, 0) is 26.0 Å². The van der Waals surface area contributed by atoms with Gasteiger partial charge in [-0.25, -0.2) is 9.50 Å². The smallest absolute Gasteiger partial charge is 0.433 e. The quantitative estimate of drug-likeness (QED) is 0.445. The average Bonchev–Trinajstić information content (AvgIpc) is 3.02.